The second-order valence-electron chi connectivity index (χ2n) is 3.26. The van der Waals surface area contributed by atoms with Gasteiger partial charge in [-0.3, -0.25) is 4.79 Å². The van der Waals surface area contributed by atoms with Gasteiger partial charge in [0.05, 0.1) is 12.5 Å². The van der Waals surface area contributed by atoms with Crippen molar-refractivity contribution in [3.05, 3.63) is 0 Å². The molecule has 1 heterocycles. The molecule has 0 aromatic heterocycles. The lowest BCUT2D eigenvalue weighted by Gasteiger charge is -2.33. The number of likely N-dealkylation sites (tertiary alicyclic amines) is 1. The molecule has 0 bridgehead atoms. The van der Waals surface area contributed by atoms with Gasteiger partial charge in [-0.05, 0) is 0 Å². The molecule has 1 saturated heterocycles. The van der Waals surface area contributed by atoms with Crippen LogP contribution in [0.15, 0.2) is 0 Å². The minimum Gasteiger partial charge on any atom is -0.481 e. The van der Waals surface area contributed by atoms with Crippen LogP contribution in [-0.2, 0) is 4.79 Å². The lowest BCUT2D eigenvalue weighted by molar-refractivity contribution is -0.151. The minimum atomic E-state index is -3.25. The van der Waals surface area contributed by atoms with E-state index in [2.05, 4.69) is 0 Å². The Hall–Kier alpha value is -1.40. The Morgan fingerprint density at radius 1 is 1.36 bits per heavy atom. The molecule has 14 heavy (non-hydrogen) atoms. The molecule has 0 saturated carbocycles. The standard InChI is InChI=1S/C7H9F2NO4/c8-7(9)1-4(5(11)12)2-10(3-7)6(13)14/h4H,1-3H2,(H,11,12)(H,13,14). The van der Waals surface area contributed by atoms with Crippen molar-refractivity contribution < 1.29 is 28.6 Å². The number of rotatable bonds is 1. The molecule has 1 rings (SSSR count). The van der Waals surface area contributed by atoms with Gasteiger partial charge in [-0.15, -0.1) is 0 Å². The molecule has 1 atom stereocenters. The molecule has 0 aromatic rings. The molecular formula is C7H9F2NO4. The summed E-state index contributed by atoms with van der Waals surface area (Å²) in [6, 6.07) is 0. The van der Waals surface area contributed by atoms with Gasteiger partial charge in [0.15, 0.2) is 0 Å². The first-order chi connectivity index (χ1) is 6.32. The molecule has 7 heteroatoms. The Bertz CT molecular complexity index is 244. The third-order valence-corrected chi connectivity index (χ3v) is 2.03. The van der Waals surface area contributed by atoms with Crippen molar-refractivity contribution in [2.45, 2.75) is 12.3 Å². The van der Waals surface area contributed by atoms with Gasteiger partial charge < -0.3 is 15.1 Å². The average molecular weight is 209 g/mol. The number of aliphatic carboxylic acids is 1. The second kappa shape index (κ2) is 3.39. The molecule has 1 unspecified atom stereocenters. The molecule has 0 radical (unpaired) electrons. The molecule has 1 aliphatic heterocycles. The van der Waals surface area contributed by atoms with Crippen molar-refractivity contribution in [1.82, 2.24) is 4.90 Å². The van der Waals surface area contributed by atoms with Crippen molar-refractivity contribution in [1.29, 1.82) is 0 Å². The van der Waals surface area contributed by atoms with E-state index < -0.39 is 36.9 Å². The zero-order valence-electron chi connectivity index (χ0n) is 7.11. The maximum absolute atomic E-state index is 12.9. The molecule has 0 aliphatic carbocycles. The Morgan fingerprint density at radius 2 is 1.93 bits per heavy atom. The van der Waals surface area contributed by atoms with E-state index in [4.69, 9.17) is 10.2 Å². The highest BCUT2D eigenvalue weighted by Gasteiger charge is 2.44. The number of halogens is 2. The summed E-state index contributed by atoms with van der Waals surface area (Å²) in [6.45, 7) is -1.30. The van der Waals surface area contributed by atoms with Crippen molar-refractivity contribution in [2.75, 3.05) is 13.1 Å². The van der Waals surface area contributed by atoms with Gasteiger partial charge in [-0.25, -0.2) is 13.6 Å². The second-order valence-corrected chi connectivity index (χ2v) is 3.26. The number of carboxylic acid groups (broad SMARTS) is 2. The number of piperidine rings is 1. The fourth-order valence-electron chi connectivity index (χ4n) is 1.41. The molecule has 1 aliphatic rings. The summed E-state index contributed by atoms with van der Waals surface area (Å²) in [5, 5.41) is 17.0. The van der Waals surface area contributed by atoms with Crippen molar-refractivity contribution in [3.63, 3.8) is 0 Å². The summed E-state index contributed by atoms with van der Waals surface area (Å²) in [5.74, 6) is -5.97. The summed E-state index contributed by atoms with van der Waals surface area (Å²) in [4.78, 5) is 21.3. The quantitative estimate of drug-likeness (QED) is 0.666. The predicted molar refractivity (Wildman–Crippen MR) is 40.3 cm³/mol. The van der Waals surface area contributed by atoms with E-state index in [1.165, 1.54) is 0 Å². The topological polar surface area (TPSA) is 77.8 Å². The van der Waals surface area contributed by atoms with Crippen LogP contribution in [0, 0.1) is 5.92 Å². The number of amides is 1. The van der Waals surface area contributed by atoms with Gasteiger partial charge in [0.2, 0.25) is 0 Å². The van der Waals surface area contributed by atoms with Gasteiger partial charge >= 0.3 is 12.1 Å². The van der Waals surface area contributed by atoms with E-state index in [1.807, 2.05) is 0 Å². The molecule has 1 amide bonds. The largest absolute Gasteiger partial charge is 0.481 e. The van der Waals surface area contributed by atoms with Crippen molar-refractivity contribution in [3.8, 4) is 0 Å². The van der Waals surface area contributed by atoms with E-state index in [1.54, 1.807) is 0 Å². The van der Waals surface area contributed by atoms with Crippen LogP contribution in [0.2, 0.25) is 0 Å². The SMILES string of the molecule is O=C(O)C1CN(C(=O)O)CC(F)(F)C1. The maximum atomic E-state index is 12.9. The number of nitrogens with zero attached hydrogens (tertiary/aromatic N) is 1. The predicted octanol–water partition coefficient (Wildman–Crippen LogP) is 0.706. The summed E-state index contributed by atoms with van der Waals surface area (Å²) < 4.78 is 25.7. The van der Waals surface area contributed by atoms with Crippen LogP contribution in [-0.4, -0.2) is 46.2 Å². The van der Waals surface area contributed by atoms with E-state index >= 15 is 0 Å². The molecule has 5 nitrogen and oxygen atoms in total. The fraction of sp³-hybridized carbons (Fsp3) is 0.714. The van der Waals surface area contributed by atoms with Gasteiger partial charge in [-0.2, -0.15) is 0 Å². The smallest absolute Gasteiger partial charge is 0.407 e. The van der Waals surface area contributed by atoms with Crippen LogP contribution >= 0.6 is 0 Å². The minimum absolute atomic E-state index is 0.375. The zero-order valence-corrected chi connectivity index (χ0v) is 7.11. The highest BCUT2D eigenvalue weighted by molar-refractivity contribution is 5.72. The van der Waals surface area contributed by atoms with Crippen LogP contribution < -0.4 is 0 Å². The Labute approximate surface area is 77.9 Å². The summed E-state index contributed by atoms with van der Waals surface area (Å²) in [5.41, 5.74) is 0. The van der Waals surface area contributed by atoms with Crippen LogP contribution in [0.3, 0.4) is 0 Å². The third kappa shape index (κ3) is 2.30. The highest BCUT2D eigenvalue weighted by atomic mass is 19.3. The maximum Gasteiger partial charge on any atom is 0.407 e. The van der Waals surface area contributed by atoms with Gasteiger partial charge in [0, 0.05) is 13.0 Å². The number of hydrogen-bond donors (Lipinski definition) is 2. The fourth-order valence-corrected chi connectivity index (χ4v) is 1.41. The van der Waals surface area contributed by atoms with E-state index in [0.29, 0.717) is 4.90 Å². The van der Waals surface area contributed by atoms with Crippen LogP contribution in [0.5, 0.6) is 0 Å². The number of hydrogen-bond acceptors (Lipinski definition) is 2. The summed E-state index contributed by atoms with van der Waals surface area (Å²) >= 11 is 0. The van der Waals surface area contributed by atoms with Crippen LogP contribution in [0.4, 0.5) is 13.6 Å². The first-order valence-corrected chi connectivity index (χ1v) is 3.90. The van der Waals surface area contributed by atoms with Crippen LogP contribution in [0.1, 0.15) is 6.42 Å². The normalized spacial score (nSPS) is 25.9. The van der Waals surface area contributed by atoms with Gasteiger partial charge in [0.1, 0.15) is 0 Å². The van der Waals surface area contributed by atoms with E-state index in [-0.39, 0.29) is 6.54 Å². The number of carboxylic acids is 1. The highest BCUT2D eigenvalue weighted by Crippen LogP contribution is 2.30. The summed E-state index contributed by atoms with van der Waals surface area (Å²) in [6.07, 6.45) is -2.32. The first kappa shape index (κ1) is 10.7. The Morgan fingerprint density at radius 3 is 2.36 bits per heavy atom. The molecule has 1 fully saturated rings. The van der Waals surface area contributed by atoms with E-state index in [0.717, 1.165) is 0 Å². The first-order valence-electron chi connectivity index (χ1n) is 3.90. The van der Waals surface area contributed by atoms with Crippen LogP contribution in [0.25, 0.3) is 0 Å². The van der Waals surface area contributed by atoms with E-state index in [9.17, 15) is 18.4 Å². The Kier molecular flexibility index (Phi) is 2.59. The average Bonchev–Trinajstić information content (AvgIpc) is 2.01. The molecular weight excluding hydrogens is 200 g/mol. The molecule has 0 aromatic carbocycles. The monoisotopic (exact) mass is 209 g/mol. The molecule has 0 spiro atoms. The third-order valence-electron chi connectivity index (χ3n) is 2.03. The van der Waals surface area contributed by atoms with Gasteiger partial charge in [0.25, 0.3) is 5.92 Å². The number of alkyl halides is 2. The number of carbonyl (C=O) groups is 2. The summed E-state index contributed by atoms with van der Waals surface area (Å²) in [7, 11) is 0. The van der Waals surface area contributed by atoms with Crippen molar-refractivity contribution in [2.24, 2.45) is 5.92 Å². The van der Waals surface area contributed by atoms with Gasteiger partial charge in [-0.1, -0.05) is 0 Å². The van der Waals surface area contributed by atoms with Crippen molar-refractivity contribution >= 4 is 12.1 Å². The lowest BCUT2D eigenvalue weighted by Crippen LogP contribution is -2.50. The Balaban J connectivity index is 2.77. The molecule has 2 N–H and O–H groups in total. The lowest BCUT2D eigenvalue weighted by atomic mass is 9.96. The zero-order chi connectivity index (χ0) is 10.9. The molecule has 80 valence electrons.